The van der Waals surface area contributed by atoms with Gasteiger partial charge < -0.3 is 100 Å². The number of urea groups is 1. The minimum absolute atomic E-state index is 0.00269. The molecule has 1 aliphatic heterocycles. The Morgan fingerprint density at radius 2 is 1.24 bits per heavy atom. The summed E-state index contributed by atoms with van der Waals surface area (Å²) in [7, 11) is 1.98. The van der Waals surface area contributed by atoms with Crippen molar-refractivity contribution in [2.75, 3.05) is 36.5 Å². The van der Waals surface area contributed by atoms with Gasteiger partial charge in [0.15, 0.2) is 0 Å². The summed E-state index contributed by atoms with van der Waals surface area (Å²) in [5, 5.41) is 65.1. The zero-order chi connectivity index (χ0) is 75.1. The average Bonchev–Trinajstić information content (AvgIpc) is 1.71. The molecule has 0 saturated carbocycles. The topological polar surface area (TPSA) is 470 Å². The van der Waals surface area contributed by atoms with Crippen molar-refractivity contribution < 1.29 is 72.8 Å². The van der Waals surface area contributed by atoms with Gasteiger partial charge in [0.05, 0.1) is 36.9 Å². The highest BCUT2D eigenvalue weighted by Crippen LogP contribution is 2.25. The van der Waals surface area contributed by atoms with E-state index in [0.717, 1.165) is 27.2 Å². The van der Waals surface area contributed by atoms with E-state index in [9.17, 15) is 58.5 Å². The lowest BCUT2D eigenvalue weighted by Crippen LogP contribution is -2.62. The number of fused-ring (bicyclic) bond motifs is 1. The molecule has 0 aliphatic carbocycles. The number of nitrogens with one attached hydrogen (secondary N) is 13. The summed E-state index contributed by atoms with van der Waals surface area (Å²) < 4.78 is 5.48. The Kier molecular flexibility index (Phi) is 34.0. The van der Waals surface area contributed by atoms with Crippen molar-refractivity contribution in [3.8, 4) is 0 Å². The van der Waals surface area contributed by atoms with Crippen LogP contribution in [0, 0.1) is 5.92 Å². The molecule has 4 aromatic carbocycles. The zero-order valence-electron chi connectivity index (χ0n) is 58.7. The van der Waals surface area contributed by atoms with Gasteiger partial charge in [-0.05, 0) is 98.7 Å². The Morgan fingerprint density at radius 3 is 1.88 bits per heavy atom. The summed E-state index contributed by atoms with van der Waals surface area (Å²) in [6, 6.07) is 17.6. The number of aromatic amines is 1. The summed E-state index contributed by atoms with van der Waals surface area (Å²) in [4.78, 5) is 157. The maximum absolute atomic E-state index is 15.1. The van der Waals surface area contributed by atoms with E-state index in [0.29, 0.717) is 39.7 Å². The van der Waals surface area contributed by atoms with Gasteiger partial charge in [-0.2, -0.15) is 0 Å². The maximum atomic E-state index is 15.1. The number of hydrogen-bond acceptors (Lipinski definition) is 19. The van der Waals surface area contributed by atoms with Crippen molar-refractivity contribution in [1.29, 1.82) is 0 Å². The SMILES string of the molecule is CC(C)N[C@H](C(=O)N[C@@H](CCCNC(N)=O)C(=O)Nc1ccc(COC(=O)NCCCC[C@@H]2NC(=O)[C@@H](Cc3c[nH]c4ccccc34)NC(=O)[C@H](Cc3ccccc3)NC(=O)[C@@H](NC(=O)[C@H](N)Cc3ccccc3)CSSC[C@@H](C(=O)N[C@H](CO)[C@@H](C)O)NC(=O)C([C@@H](C)O)NC2=O)cc1)C(C)C. The molecule has 1 fully saturated rings. The number of hydrogen-bond donors (Lipinski definition) is 18. The Morgan fingerprint density at radius 1 is 0.631 bits per heavy atom. The fourth-order valence-electron chi connectivity index (χ4n) is 11.0. The fourth-order valence-corrected chi connectivity index (χ4v) is 13.3. The number of unbranched alkanes of at least 4 members (excludes halogenated alkanes) is 1. The summed E-state index contributed by atoms with van der Waals surface area (Å²) in [6.07, 6.45) is -1.58. The monoisotopic (exact) mass is 1470 g/mol. The predicted molar refractivity (Wildman–Crippen MR) is 392 cm³/mol. The predicted octanol–water partition coefficient (Wildman–Crippen LogP) is 1.06. The quantitative estimate of drug-likeness (QED) is 0.0218. The lowest BCUT2D eigenvalue weighted by molar-refractivity contribution is -0.136. The first-order chi connectivity index (χ1) is 49.2. The Bertz CT molecular complexity index is 3610. The number of primary amides is 1. The molecule has 12 atom stereocenters. The number of carbonyl (C=O) groups excluding carboxylic acids is 11. The van der Waals surface area contributed by atoms with Crippen LogP contribution in [0.25, 0.3) is 10.9 Å². The highest BCUT2D eigenvalue weighted by Gasteiger charge is 2.37. The molecule has 1 aromatic heterocycles. The number of H-pyrrole nitrogens is 1. The van der Waals surface area contributed by atoms with Crippen LogP contribution in [0.3, 0.4) is 0 Å². The van der Waals surface area contributed by atoms with E-state index in [2.05, 4.69) is 68.8 Å². The number of aromatic nitrogens is 1. The molecule has 560 valence electrons. The number of para-hydroxylation sites is 1. The number of alkyl carbamates (subject to hydrolysis) is 1. The molecule has 2 heterocycles. The number of nitrogens with two attached hydrogens (primary N) is 2. The maximum Gasteiger partial charge on any atom is 0.407 e. The lowest BCUT2D eigenvalue weighted by Gasteiger charge is -2.29. The van der Waals surface area contributed by atoms with Crippen LogP contribution in [0.5, 0.6) is 0 Å². The molecule has 0 radical (unpaired) electrons. The number of aliphatic hydroxyl groups is 3. The van der Waals surface area contributed by atoms with Gasteiger partial charge in [-0.1, -0.05) is 140 Å². The van der Waals surface area contributed by atoms with Crippen LogP contribution >= 0.6 is 21.6 Å². The minimum atomic E-state index is -1.79. The second-order valence-electron chi connectivity index (χ2n) is 25.9. The van der Waals surface area contributed by atoms with Gasteiger partial charge in [-0.15, -0.1) is 0 Å². The molecule has 12 amide bonds. The largest absolute Gasteiger partial charge is 0.445 e. The number of anilines is 1. The van der Waals surface area contributed by atoms with Crippen LogP contribution in [-0.2, 0) is 73.8 Å². The van der Waals surface area contributed by atoms with Crippen molar-refractivity contribution in [3.05, 3.63) is 138 Å². The van der Waals surface area contributed by atoms with Crippen LogP contribution in [0.1, 0.15) is 95.9 Å². The van der Waals surface area contributed by atoms with E-state index in [1.165, 1.54) is 13.8 Å². The summed E-state index contributed by atoms with van der Waals surface area (Å²) >= 11 is 0. The van der Waals surface area contributed by atoms with Crippen LogP contribution in [0.2, 0.25) is 0 Å². The third-order valence-corrected chi connectivity index (χ3v) is 19.2. The fraction of sp³-hybridized carbons (Fsp3) is 0.479. The molecule has 20 N–H and O–H groups in total. The second kappa shape index (κ2) is 42.3. The Balaban J connectivity index is 1.23. The first kappa shape index (κ1) is 82.6. The zero-order valence-corrected chi connectivity index (χ0v) is 60.3. The van der Waals surface area contributed by atoms with Crippen molar-refractivity contribution >= 4 is 103 Å². The van der Waals surface area contributed by atoms with E-state index in [4.69, 9.17) is 16.2 Å². The highest BCUT2D eigenvalue weighted by atomic mass is 33.1. The van der Waals surface area contributed by atoms with E-state index in [-0.39, 0.29) is 94.0 Å². The highest BCUT2D eigenvalue weighted by molar-refractivity contribution is 8.76. The first-order valence-corrected chi connectivity index (χ1v) is 36.8. The van der Waals surface area contributed by atoms with E-state index >= 15 is 9.59 Å². The Hall–Kier alpha value is -9.31. The van der Waals surface area contributed by atoms with Gasteiger partial charge in [-0.25, -0.2) is 9.59 Å². The third kappa shape index (κ3) is 27.8. The van der Waals surface area contributed by atoms with Crippen molar-refractivity contribution in [3.63, 3.8) is 0 Å². The summed E-state index contributed by atoms with van der Waals surface area (Å²) in [6.45, 7) is 9.41. The number of rotatable bonds is 31. The van der Waals surface area contributed by atoms with E-state index < -0.39 is 139 Å². The van der Waals surface area contributed by atoms with Crippen LogP contribution < -0.4 is 75.3 Å². The molecule has 30 nitrogen and oxygen atoms in total. The molecule has 103 heavy (non-hydrogen) atoms. The molecule has 32 heteroatoms. The number of ether oxygens (including phenoxy) is 1. The van der Waals surface area contributed by atoms with Gasteiger partial charge in [-0.3, -0.25) is 43.2 Å². The third-order valence-electron chi connectivity index (χ3n) is 16.7. The van der Waals surface area contributed by atoms with Gasteiger partial charge in [0, 0.05) is 66.3 Å². The molecule has 6 rings (SSSR count). The summed E-state index contributed by atoms with van der Waals surface area (Å²) in [5.41, 5.74) is 15.2. The van der Waals surface area contributed by atoms with Crippen LogP contribution in [0.15, 0.2) is 115 Å². The molecule has 0 spiro atoms. The second-order valence-corrected chi connectivity index (χ2v) is 28.5. The molecule has 1 saturated heterocycles. The first-order valence-electron chi connectivity index (χ1n) is 34.3. The number of amides is 12. The van der Waals surface area contributed by atoms with Crippen molar-refractivity contribution in [2.45, 2.75) is 178 Å². The molecular weight excluding hydrogens is 1370 g/mol. The van der Waals surface area contributed by atoms with Crippen molar-refractivity contribution in [1.82, 2.24) is 63.5 Å². The molecular formula is C71H99N15O15S2. The smallest absolute Gasteiger partial charge is 0.407 e. The lowest BCUT2D eigenvalue weighted by atomic mass is 10.0. The normalized spacial score (nSPS) is 19.8. The minimum Gasteiger partial charge on any atom is -0.445 e. The summed E-state index contributed by atoms with van der Waals surface area (Å²) in [5.74, 6) is -7.62. The van der Waals surface area contributed by atoms with Crippen LogP contribution in [0.4, 0.5) is 15.3 Å². The molecule has 1 unspecified atom stereocenters. The Labute approximate surface area is 606 Å². The van der Waals surface area contributed by atoms with Gasteiger partial charge in [0.25, 0.3) is 0 Å². The molecule has 5 aromatic rings. The van der Waals surface area contributed by atoms with Gasteiger partial charge in [0.2, 0.25) is 53.2 Å². The molecule has 1 aliphatic rings. The average molecular weight is 1470 g/mol. The molecule has 0 bridgehead atoms. The van der Waals surface area contributed by atoms with Crippen LogP contribution in [-0.4, -0.2) is 195 Å². The number of aliphatic hydroxyl groups excluding tert-OH is 3. The van der Waals surface area contributed by atoms with Crippen molar-refractivity contribution in [2.24, 2.45) is 17.4 Å². The van der Waals surface area contributed by atoms with E-state index in [1.54, 1.807) is 103 Å². The number of carbonyl (C=O) groups is 11. The number of benzene rings is 4. The standard InChI is InChI=1S/C71H99N15O15S2/c1-40(2)59(77-41(3)4)68(97)80-53(25-17-31-74-70(73)99)62(91)78-48-28-26-46(27-29-48)37-101-71(100)75-30-16-15-24-52-63(92)86-60(43(6)89)69(98)85-58(67(96)83-56(36-87)42(5)88)39-103-102-38-57(84-61(90)50(72)32-44-18-9-7-10-19-44)66(95)81-54(33-45-20-11-8-12-21-45)64(93)82-55(65(94)79-52)34-47-35-76-51-23-14-13-22-49(47)51/h7-14,18-23,26-29,35,40-43,50,52-60,76-77,87-89H,15-17,24-25,30-34,36-39,72H2,1-6H3,(H,75,100)(H,78,91)(H,79,94)(H,80,97)(H,81,95)(H,82,93)(H,83,96)(H,84,90)(H,85,98)(H,86,92)(H3,73,74,99)/t42-,43-,50-,52+,53+,54+,55-,56-,57+,58+,59+,60?/m1/s1. The van der Waals surface area contributed by atoms with Gasteiger partial charge >= 0.3 is 12.1 Å². The van der Waals surface area contributed by atoms with E-state index in [1.807, 2.05) is 39.8 Å². The van der Waals surface area contributed by atoms with Gasteiger partial charge in [0.1, 0.15) is 48.9 Å².